The maximum atomic E-state index is 13.4. The van der Waals surface area contributed by atoms with E-state index < -0.39 is 47.9 Å². The Balaban J connectivity index is 3.13. The van der Waals surface area contributed by atoms with E-state index in [1.54, 1.807) is 32.9 Å². The van der Waals surface area contributed by atoms with Gasteiger partial charge in [-0.3, -0.25) is 14.4 Å². The smallest absolute Gasteiger partial charge is 0.326 e. The van der Waals surface area contributed by atoms with Crippen LogP contribution in [0.15, 0.2) is 24.3 Å². The number of phenols is 1. The number of carbonyl (C=O) groups is 4. The Bertz CT molecular complexity index is 892. The fourth-order valence-corrected chi connectivity index (χ4v) is 3.62. The Kier molecular flexibility index (Phi) is 13.6. The van der Waals surface area contributed by atoms with E-state index in [-0.39, 0.29) is 30.4 Å². The highest BCUT2D eigenvalue weighted by atomic mass is 16.4. The number of nitrogens with two attached hydrogens (primary N) is 2. The first-order valence-corrected chi connectivity index (χ1v) is 12.8. The van der Waals surface area contributed by atoms with E-state index in [9.17, 15) is 29.4 Å². The summed E-state index contributed by atoms with van der Waals surface area (Å²) in [4.78, 5) is 50.9. The van der Waals surface area contributed by atoms with Crippen molar-refractivity contribution < 1.29 is 29.4 Å². The molecule has 1 aromatic carbocycles. The maximum absolute atomic E-state index is 13.4. The van der Waals surface area contributed by atoms with Crippen LogP contribution < -0.4 is 27.4 Å². The van der Waals surface area contributed by atoms with Gasteiger partial charge in [-0.05, 0) is 55.3 Å². The van der Waals surface area contributed by atoms with Crippen molar-refractivity contribution in [1.82, 2.24) is 16.0 Å². The first kappa shape index (κ1) is 31.8. The molecule has 0 saturated heterocycles. The van der Waals surface area contributed by atoms with Crippen LogP contribution in [0.2, 0.25) is 0 Å². The lowest BCUT2D eigenvalue weighted by Crippen LogP contribution is -2.59. The van der Waals surface area contributed by atoms with Crippen LogP contribution in [0.5, 0.6) is 5.75 Å². The quantitative estimate of drug-likeness (QED) is 0.154. The monoisotopic (exact) mass is 521 g/mol. The molecule has 0 aliphatic heterocycles. The molecule has 9 N–H and O–H groups in total. The number of aromatic hydroxyl groups is 1. The Morgan fingerprint density at radius 3 is 2.00 bits per heavy atom. The number of carboxylic acids is 1. The Labute approximate surface area is 218 Å². The molecule has 5 atom stereocenters. The van der Waals surface area contributed by atoms with Crippen LogP contribution >= 0.6 is 0 Å². The number of aliphatic carboxylic acids is 1. The minimum atomic E-state index is -1.17. The van der Waals surface area contributed by atoms with Gasteiger partial charge in [-0.1, -0.05) is 46.2 Å². The molecule has 208 valence electrons. The molecule has 0 aliphatic rings. The number of carbonyl (C=O) groups excluding carboxylic acids is 3. The zero-order chi connectivity index (χ0) is 28.1. The third-order valence-electron chi connectivity index (χ3n) is 6.38. The lowest BCUT2D eigenvalue weighted by Gasteiger charge is -2.28. The van der Waals surface area contributed by atoms with Crippen molar-refractivity contribution >= 4 is 23.7 Å². The van der Waals surface area contributed by atoms with Gasteiger partial charge in [0.25, 0.3) is 0 Å². The van der Waals surface area contributed by atoms with Crippen molar-refractivity contribution in [2.24, 2.45) is 23.3 Å². The first-order valence-electron chi connectivity index (χ1n) is 12.8. The van der Waals surface area contributed by atoms with Gasteiger partial charge >= 0.3 is 5.97 Å². The molecular formula is C26H43N5O6. The summed E-state index contributed by atoms with van der Waals surface area (Å²) in [5.41, 5.74) is 12.1. The predicted octanol–water partition coefficient (Wildman–Crippen LogP) is 0.632. The van der Waals surface area contributed by atoms with Crippen LogP contribution in [0.3, 0.4) is 0 Å². The van der Waals surface area contributed by atoms with Crippen molar-refractivity contribution in [3.05, 3.63) is 29.8 Å². The third kappa shape index (κ3) is 10.8. The molecule has 0 heterocycles. The highest BCUT2D eigenvalue weighted by molar-refractivity contribution is 5.94. The van der Waals surface area contributed by atoms with Crippen LogP contribution in [-0.4, -0.2) is 64.6 Å². The van der Waals surface area contributed by atoms with E-state index in [4.69, 9.17) is 11.5 Å². The zero-order valence-electron chi connectivity index (χ0n) is 22.2. The summed E-state index contributed by atoms with van der Waals surface area (Å²) in [5.74, 6) is -3.31. The van der Waals surface area contributed by atoms with Crippen LogP contribution in [0.25, 0.3) is 0 Å². The van der Waals surface area contributed by atoms with Crippen molar-refractivity contribution in [1.29, 1.82) is 0 Å². The van der Waals surface area contributed by atoms with E-state index >= 15 is 0 Å². The van der Waals surface area contributed by atoms with Crippen LogP contribution in [0, 0.1) is 11.8 Å². The van der Waals surface area contributed by atoms with Gasteiger partial charge in [-0.2, -0.15) is 0 Å². The molecule has 0 bridgehead atoms. The second-order valence-corrected chi connectivity index (χ2v) is 9.76. The number of hydrogen-bond donors (Lipinski definition) is 7. The number of unbranched alkanes of at least 4 members (excludes halogenated alkanes) is 1. The number of rotatable bonds is 16. The van der Waals surface area contributed by atoms with E-state index in [2.05, 4.69) is 16.0 Å². The minimum absolute atomic E-state index is 0.0589. The van der Waals surface area contributed by atoms with Crippen LogP contribution in [-0.2, 0) is 25.6 Å². The molecule has 0 spiro atoms. The number of nitrogens with one attached hydrogen (secondary N) is 3. The Hall–Kier alpha value is -3.18. The fourth-order valence-electron chi connectivity index (χ4n) is 3.62. The molecule has 0 saturated carbocycles. The highest BCUT2D eigenvalue weighted by Gasteiger charge is 2.33. The topological polar surface area (TPSA) is 197 Å². The number of hydrogen-bond acceptors (Lipinski definition) is 7. The summed E-state index contributed by atoms with van der Waals surface area (Å²) in [5, 5.41) is 27.0. The molecule has 5 unspecified atom stereocenters. The summed E-state index contributed by atoms with van der Waals surface area (Å²) < 4.78 is 0. The van der Waals surface area contributed by atoms with Gasteiger partial charge < -0.3 is 37.6 Å². The van der Waals surface area contributed by atoms with Gasteiger partial charge in [0.2, 0.25) is 17.7 Å². The van der Waals surface area contributed by atoms with Gasteiger partial charge in [0.05, 0.1) is 6.04 Å². The van der Waals surface area contributed by atoms with Crippen molar-refractivity contribution in [3.63, 3.8) is 0 Å². The molecule has 3 amide bonds. The molecule has 0 aliphatic carbocycles. The van der Waals surface area contributed by atoms with E-state index in [1.165, 1.54) is 12.1 Å². The Morgan fingerprint density at radius 2 is 1.49 bits per heavy atom. The fraction of sp³-hybridized carbons (Fsp3) is 0.615. The molecular weight excluding hydrogens is 478 g/mol. The summed E-state index contributed by atoms with van der Waals surface area (Å²) >= 11 is 0. The molecule has 1 rings (SSSR count). The first-order chi connectivity index (χ1) is 17.4. The molecule has 11 nitrogen and oxygen atoms in total. The molecule has 11 heteroatoms. The molecule has 0 radical (unpaired) electrons. The maximum Gasteiger partial charge on any atom is 0.326 e. The number of carboxylic acid groups (broad SMARTS) is 1. The normalized spacial score (nSPS) is 15.2. The Morgan fingerprint density at radius 1 is 0.892 bits per heavy atom. The number of benzene rings is 1. The van der Waals surface area contributed by atoms with E-state index in [1.807, 2.05) is 6.92 Å². The van der Waals surface area contributed by atoms with Gasteiger partial charge in [0, 0.05) is 6.42 Å². The van der Waals surface area contributed by atoms with Crippen molar-refractivity contribution in [3.8, 4) is 5.75 Å². The molecule has 1 aromatic rings. The molecule has 0 fully saturated rings. The van der Waals surface area contributed by atoms with Crippen molar-refractivity contribution in [2.75, 3.05) is 6.54 Å². The summed E-state index contributed by atoms with van der Waals surface area (Å²) in [6.45, 7) is 7.62. The van der Waals surface area contributed by atoms with Gasteiger partial charge in [-0.25, -0.2) is 4.79 Å². The second kappa shape index (κ2) is 15.8. The van der Waals surface area contributed by atoms with E-state index in [0.717, 1.165) is 0 Å². The van der Waals surface area contributed by atoms with Crippen LogP contribution in [0.1, 0.15) is 58.9 Å². The minimum Gasteiger partial charge on any atom is -0.508 e. The predicted molar refractivity (Wildman–Crippen MR) is 140 cm³/mol. The standard InChI is InChI=1S/C26H43N5O6/c1-5-16(4)22(25(35)29-19(26(36)37)8-6-7-13-27)31-23(33)20(30-24(34)21(28)15(2)3)14-17-9-11-18(32)12-10-17/h9-12,15-16,19-22,32H,5-8,13-14,27-28H2,1-4H3,(H,29,35)(H,30,34)(H,31,33)(H,36,37). The van der Waals surface area contributed by atoms with Crippen LogP contribution in [0.4, 0.5) is 0 Å². The number of amides is 3. The third-order valence-corrected chi connectivity index (χ3v) is 6.38. The SMILES string of the molecule is CCC(C)C(NC(=O)C(Cc1ccc(O)cc1)NC(=O)C(N)C(C)C)C(=O)NC(CCCCN)C(=O)O. The van der Waals surface area contributed by atoms with Crippen molar-refractivity contribution in [2.45, 2.75) is 84.0 Å². The lowest BCUT2D eigenvalue weighted by molar-refractivity contribution is -0.143. The highest BCUT2D eigenvalue weighted by Crippen LogP contribution is 2.14. The number of phenolic OH excluding ortho intramolecular Hbond substituents is 1. The van der Waals surface area contributed by atoms with Gasteiger partial charge in [0.1, 0.15) is 23.9 Å². The average molecular weight is 522 g/mol. The van der Waals surface area contributed by atoms with Gasteiger partial charge in [-0.15, -0.1) is 0 Å². The summed E-state index contributed by atoms with van der Waals surface area (Å²) in [6.07, 6.45) is 2.00. The summed E-state index contributed by atoms with van der Waals surface area (Å²) in [7, 11) is 0. The lowest BCUT2D eigenvalue weighted by atomic mass is 9.96. The second-order valence-electron chi connectivity index (χ2n) is 9.76. The van der Waals surface area contributed by atoms with Gasteiger partial charge in [0.15, 0.2) is 0 Å². The molecule has 37 heavy (non-hydrogen) atoms. The molecule has 0 aromatic heterocycles. The average Bonchev–Trinajstić information content (AvgIpc) is 2.86. The van der Waals surface area contributed by atoms with E-state index in [0.29, 0.717) is 31.4 Å². The zero-order valence-corrected chi connectivity index (χ0v) is 22.2. The summed E-state index contributed by atoms with van der Waals surface area (Å²) in [6, 6.07) is 2.17. The largest absolute Gasteiger partial charge is 0.508 e.